The van der Waals surface area contributed by atoms with Crippen LogP contribution in [0.15, 0.2) is 29.3 Å². The van der Waals surface area contributed by atoms with Gasteiger partial charge in [0, 0.05) is 38.3 Å². The van der Waals surface area contributed by atoms with Crippen LogP contribution >= 0.6 is 11.6 Å². The zero-order valence-electron chi connectivity index (χ0n) is 16.5. The molecule has 0 aliphatic carbocycles. The number of hydrogen-bond donors (Lipinski definition) is 1. The average Bonchev–Trinajstić information content (AvgIpc) is 3.21. The first-order valence-corrected chi connectivity index (χ1v) is 10.1. The summed E-state index contributed by atoms with van der Waals surface area (Å²) in [5.74, 6) is 0.919. The van der Waals surface area contributed by atoms with Crippen molar-refractivity contribution in [3.63, 3.8) is 0 Å². The van der Waals surface area contributed by atoms with E-state index >= 15 is 0 Å². The van der Waals surface area contributed by atoms with Gasteiger partial charge in [0.15, 0.2) is 5.96 Å². The van der Waals surface area contributed by atoms with Crippen LogP contribution in [0.3, 0.4) is 0 Å². The maximum absolute atomic E-state index is 6.04. The van der Waals surface area contributed by atoms with Crippen molar-refractivity contribution in [1.82, 2.24) is 15.1 Å². The summed E-state index contributed by atoms with van der Waals surface area (Å²) in [7, 11) is 6.02. The molecule has 0 amide bonds. The molecule has 2 aliphatic heterocycles. The number of nitrogens with one attached hydrogen (secondary N) is 1. The van der Waals surface area contributed by atoms with Crippen LogP contribution in [0.2, 0.25) is 5.02 Å². The predicted octanol–water partition coefficient (Wildman–Crippen LogP) is 2.40. The van der Waals surface area contributed by atoms with Crippen molar-refractivity contribution in [2.24, 2.45) is 4.99 Å². The fourth-order valence-corrected chi connectivity index (χ4v) is 3.92. The molecular formula is C20H31ClN4O2. The van der Waals surface area contributed by atoms with Gasteiger partial charge < -0.3 is 24.6 Å². The Kier molecular flexibility index (Phi) is 7.35. The van der Waals surface area contributed by atoms with Crippen molar-refractivity contribution in [3.8, 4) is 0 Å². The summed E-state index contributed by atoms with van der Waals surface area (Å²) in [6.45, 7) is 3.99. The van der Waals surface area contributed by atoms with E-state index in [2.05, 4.69) is 46.3 Å². The van der Waals surface area contributed by atoms with Gasteiger partial charge in [0.05, 0.1) is 18.8 Å². The standard InChI is InChI=1S/C20H31ClN4O2/c1-22-20(25-10-12-27-19(14-25)18-5-4-11-26-18)23-13-17(24(2)3)15-6-8-16(21)9-7-15/h6-9,17-19H,4-5,10-14H2,1-3H3,(H,22,23). The van der Waals surface area contributed by atoms with Gasteiger partial charge in [-0.3, -0.25) is 4.99 Å². The third-order valence-electron chi connectivity index (χ3n) is 5.32. The number of benzene rings is 1. The Labute approximate surface area is 167 Å². The molecular weight excluding hydrogens is 364 g/mol. The van der Waals surface area contributed by atoms with Crippen molar-refractivity contribution in [2.45, 2.75) is 31.1 Å². The van der Waals surface area contributed by atoms with Gasteiger partial charge in [-0.05, 0) is 44.6 Å². The van der Waals surface area contributed by atoms with Gasteiger partial charge >= 0.3 is 0 Å². The summed E-state index contributed by atoms with van der Waals surface area (Å²) < 4.78 is 11.8. The van der Waals surface area contributed by atoms with Gasteiger partial charge in [0.25, 0.3) is 0 Å². The molecule has 2 saturated heterocycles. The molecule has 3 unspecified atom stereocenters. The summed E-state index contributed by atoms with van der Waals surface area (Å²) in [5.41, 5.74) is 1.23. The van der Waals surface area contributed by atoms with Crippen LogP contribution in [-0.4, -0.2) is 82.0 Å². The lowest BCUT2D eigenvalue weighted by molar-refractivity contribution is -0.0817. The number of ether oxygens (including phenoxy) is 2. The lowest BCUT2D eigenvalue weighted by atomic mass is 10.1. The normalized spacial score (nSPS) is 25.1. The number of hydrogen-bond acceptors (Lipinski definition) is 4. The Bertz CT molecular complexity index is 617. The molecule has 2 fully saturated rings. The molecule has 3 rings (SSSR count). The Morgan fingerprint density at radius 2 is 2.00 bits per heavy atom. The second kappa shape index (κ2) is 9.73. The Hall–Kier alpha value is -1.34. The molecule has 150 valence electrons. The Morgan fingerprint density at radius 1 is 1.26 bits per heavy atom. The van der Waals surface area contributed by atoms with E-state index in [9.17, 15) is 0 Å². The van der Waals surface area contributed by atoms with Gasteiger partial charge in [0.2, 0.25) is 0 Å². The minimum Gasteiger partial charge on any atom is -0.375 e. The monoisotopic (exact) mass is 394 g/mol. The van der Waals surface area contributed by atoms with Crippen molar-refractivity contribution in [1.29, 1.82) is 0 Å². The lowest BCUT2D eigenvalue weighted by Crippen LogP contribution is -2.54. The molecule has 0 aromatic heterocycles. The van der Waals surface area contributed by atoms with Crippen molar-refractivity contribution in [3.05, 3.63) is 34.9 Å². The molecule has 1 aromatic rings. The number of likely N-dealkylation sites (N-methyl/N-ethyl adjacent to an activating group) is 1. The molecule has 0 spiro atoms. The number of halogens is 1. The highest BCUT2D eigenvalue weighted by Crippen LogP contribution is 2.22. The fraction of sp³-hybridized carbons (Fsp3) is 0.650. The van der Waals surface area contributed by atoms with E-state index in [1.165, 1.54) is 5.56 Å². The highest BCUT2D eigenvalue weighted by molar-refractivity contribution is 6.30. The van der Waals surface area contributed by atoms with E-state index in [4.69, 9.17) is 21.1 Å². The number of morpholine rings is 1. The first-order valence-electron chi connectivity index (χ1n) is 9.69. The number of nitrogens with zero attached hydrogens (tertiary/aromatic N) is 3. The third kappa shape index (κ3) is 5.35. The Morgan fingerprint density at radius 3 is 2.63 bits per heavy atom. The molecule has 3 atom stereocenters. The molecule has 0 bridgehead atoms. The molecule has 6 nitrogen and oxygen atoms in total. The van der Waals surface area contributed by atoms with E-state index in [0.717, 1.165) is 50.1 Å². The van der Waals surface area contributed by atoms with Crippen molar-refractivity contribution < 1.29 is 9.47 Å². The van der Waals surface area contributed by atoms with Gasteiger partial charge in [0.1, 0.15) is 6.10 Å². The number of aliphatic imine (C=N–C) groups is 1. The SMILES string of the molecule is CN=C(NCC(c1ccc(Cl)cc1)N(C)C)N1CCOC(C2CCCO2)C1. The molecule has 27 heavy (non-hydrogen) atoms. The fourth-order valence-electron chi connectivity index (χ4n) is 3.79. The molecule has 7 heteroatoms. The van der Waals surface area contributed by atoms with Gasteiger partial charge in [-0.25, -0.2) is 0 Å². The van der Waals surface area contributed by atoms with Gasteiger partial charge in [-0.2, -0.15) is 0 Å². The Balaban J connectivity index is 1.60. The quantitative estimate of drug-likeness (QED) is 0.614. The van der Waals surface area contributed by atoms with Crippen molar-refractivity contribution >= 4 is 17.6 Å². The molecule has 2 aliphatic rings. The van der Waals surface area contributed by atoms with Crippen LogP contribution < -0.4 is 5.32 Å². The van der Waals surface area contributed by atoms with Crippen LogP contribution in [0.1, 0.15) is 24.4 Å². The van der Waals surface area contributed by atoms with Crippen LogP contribution in [0.4, 0.5) is 0 Å². The summed E-state index contributed by atoms with van der Waals surface area (Å²) in [6, 6.07) is 8.28. The third-order valence-corrected chi connectivity index (χ3v) is 5.57. The zero-order chi connectivity index (χ0) is 19.2. The number of rotatable bonds is 5. The van der Waals surface area contributed by atoms with Crippen LogP contribution in [0.25, 0.3) is 0 Å². The zero-order valence-corrected chi connectivity index (χ0v) is 17.3. The predicted molar refractivity (Wildman–Crippen MR) is 110 cm³/mol. The van der Waals surface area contributed by atoms with E-state index in [1.807, 2.05) is 19.2 Å². The first kappa shape index (κ1) is 20.4. The topological polar surface area (TPSA) is 49.3 Å². The van der Waals surface area contributed by atoms with E-state index < -0.39 is 0 Å². The highest BCUT2D eigenvalue weighted by Gasteiger charge is 2.32. The van der Waals surface area contributed by atoms with Crippen LogP contribution in [0, 0.1) is 0 Å². The average molecular weight is 395 g/mol. The van der Waals surface area contributed by atoms with E-state index in [-0.39, 0.29) is 18.2 Å². The summed E-state index contributed by atoms with van der Waals surface area (Å²) >= 11 is 6.04. The second-order valence-electron chi connectivity index (χ2n) is 7.37. The lowest BCUT2D eigenvalue weighted by Gasteiger charge is -2.37. The highest BCUT2D eigenvalue weighted by atomic mass is 35.5. The second-order valence-corrected chi connectivity index (χ2v) is 7.80. The smallest absolute Gasteiger partial charge is 0.193 e. The molecule has 1 N–H and O–H groups in total. The summed E-state index contributed by atoms with van der Waals surface area (Å²) in [4.78, 5) is 9.00. The molecule has 0 radical (unpaired) electrons. The van der Waals surface area contributed by atoms with E-state index in [0.29, 0.717) is 6.61 Å². The van der Waals surface area contributed by atoms with E-state index in [1.54, 1.807) is 0 Å². The summed E-state index contributed by atoms with van der Waals surface area (Å²) in [6.07, 6.45) is 2.56. The molecule has 2 heterocycles. The van der Waals surface area contributed by atoms with Gasteiger partial charge in [-0.1, -0.05) is 23.7 Å². The van der Waals surface area contributed by atoms with Gasteiger partial charge in [-0.15, -0.1) is 0 Å². The largest absolute Gasteiger partial charge is 0.375 e. The minimum atomic E-state index is 0.126. The maximum atomic E-state index is 6.04. The first-order chi connectivity index (χ1) is 13.1. The summed E-state index contributed by atoms with van der Waals surface area (Å²) in [5, 5.41) is 4.31. The molecule has 1 aromatic carbocycles. The number of guanidine groups is 1. The molecule has 0 saturated carbocycles. The van der Waals surface area contributed by atoms with Crippen molar-refractivity contribution in [2.75, 3.05) is 54.0 Å². The van der Waals surface area contributed by atoms with Crippen LogP contribution in [-0.2, 0) is 9.47 Å². The minimum absolute atomic E-state index is 0.126. The maximum Gasteiger partial charge on any atom is 0.193 e. The van der Waals surface area contributed by atoms with Crippen LogP contribution in [0.5, 0.6) is 0 Å².